The molecule has 15 heavy (non-hydrogen) atoms. The third kappa shape index (κ3) is 3.70. The van der Waals surface area contributed by atoms with E-state index in [9.17, 15) is 5.11 Å². The van der Waals surface area contributed by atoms with E-state index in [0.717, 1.165) is 0 Å². The van der Waals surface area contributed by atoms with Crippen molar-refractivity contribution < 1.29 is 10.2 Å². The van der Waals surface area contributed by atoms with Crippen molar-refractivity contribution in [2.45, 2.75) is 12.5 Å². The fourth-order valence-corrected chi connectivity index (χ4v) is 1.61. The fraction of sp³-hybridized carbons (Fsp3) is 0.333. The van der Waals surface area contributed by atoms with Crippen molar-refractivity contribution in [1.29, 1.82) is 0 Å². The highest BCUT2D eigenvalue weighted by molar-refractivity contribution is 6.37. The molecule has 0 spiro atoms. The summed E-state index contributed by atoms with van der Waals surface area (Å²) in [6, 6.07) is 2.77. The predicted molar refractivity (Wildman–Crippen MR) is 64.0 cm³/mol. The van der Waals surface area contributed by atoms with Crippen LogP contribution in [-0.4, -0.2) is 16.8 Å². The lowest BCUT2D eigenvalue weighted by Gasteiger charge is -2.12. The topological polar surface area (TPSA) is 66.5 Å². The molecule has 1 aromatic rings. The van der Waals surface area contributed by atoms with Gasteiger partial charge < -0.3 is 15.9 Å². The molecule has 6 heteroatoms. The molecule has 0 aromatic heterocycles. The lowest BCUT2D eigenvalue weighted by Crippen LogP contribution is -2.11. The van der Waals surface area contributed by atoms with Gasteiger partial charge in [0.1, 0.15) is 0 Å². The molecule has 0 bridgehead atoms. The van der Waals surface area contributed by atoms with Crippen molar-refractivity contribution in [1.82, 2.24) is 0 Å². The second-order valence-electron chi connectivity index (χ2n) is 2.95. The van der Waals surface area contributed by atoms with Gasteiger partial charge in [0.2, 0.25) is 0 Å². The molecule has 1 aromatic carbocycles. The third-order valence-corrected chi connectivity index (χ3v) is 2.48. The van der Waals surface area contributed by atoms with Gasteiger partial charge in [-0.25, -0.2) is 0 Å². The highest BCUT2D eigenvalue weighted by Crippen LogP contribution is 2.34. The van der Waals surface area contributed by atoms with Gasteiger partial charge in [0.25, 0.3) is 0 Å². The SMILES string of the molecule is Cl.NC(CCO)c1cc(Cl)c(O)c(Cl)c1. The van der Waals surface area contributed by atoms with Crippen LogP contribution in [0.25, 0.3) is 0 Å². The second-order valence-corrected chi connectivity index (χ2v) is 3.77. The van der Waals surface area contributed by atoms with Gasteiger partial charge in [-0.05, 0) is 24.1 Å². The Kier molecular flexibility index (Phi) is 6.32. The largest absolute Gasteiger partial charge is 0.505 e. The summed E-state index contributed by atoms with van der Waals surface area (Å²) in [7, 11) is 0. The first-order valence-electron chi connectivity index (χ1n) is 4.10. The van der Waals surface area contributed by atoms with Crippen molar-refractivity contribution in [3.05, 3.63) is 27.7 Å². The summed E-state index contributed by atoms with van der Waals surface area (Å²) in [5, 5.41) is 18.3. The molecule has 0 fully saturated rings. The number of halogens is 3. The smallest absolute Gasteiger partial charge is 0.152 e. The number of aromatic hydroxyl groups is 1. The summed E-state index contributed by atoms with van der Waals surface area (Å²) in [5.74, 6) is -0.145. The van der Waals surface area contributed by atoms with Crippen molar-refractivity contribution in [3.8, 4) is 5.75 Å². The highest BCUT2D eigenvalue weighted by Gasteiger charge is 2.11. The predicted octanol–water partition coefficient (Wildman–Crippen LogP) is 2.50. The Morgan fingerprint density at radius 2 is 1.73 bits per heavy atom. The molecule has 0 amide bonds. The highest BCUT2D eigenvalue weighted by atomic mass is 35.5. The van der Waals surface area contributed by atoms with E-state index < -0.39 is 0 Å². The molecule has 0 saturated carbocycles. The van der Waals surface area contributed by atoms with Crippen LogP contribution >= 0.6 is 35.6 Å². The Bertz CT molecular complexity index is 310. The maximum atomic E-state index is 9.29. The molecular formula is C9H12Cl3NO2. The molecule has 4 N–H and O–H groups in total. The Balaban J connectivity index is 0.00000196. The number of hydrogen-bond acceptors (Lipinski definition) is 3. The standard InChI is InChI=1S/C9H11Cl2NO2.ClH/c10-6-3-5(8(12)1-2-13)4-7(11)9(6)14;/h3-4,8,13-14H,1-2,12H2;1H. The first-order chi connectivity index (χ1) is 6.56. The van der Waals surface area contributed by atoms with Crippen LogP contribution < -0.4 is 5.73 Å². The van der Waals surface area contributed by atoms with Gasteiger partial charge in [0.05, 0.1) is 10.0 Å². The molecular weight excluding hydrogens is 260 g/mol. The van der Waals surface area contributed by atoms with E-state index in [2.05, 4.69) is 0 Å². The molecule has 0 saturated heterocycles. The lowest BCUT2D eigenvalue weighted by atomic mass is 10.1. The average Bonchev–Trinajstić information content (AvgIpc) is 2.13. The summed E-state index contributed by atoms with van der Waals surface area (Å²) in [6.45, 7) is -0.00270. The number of rotatable bonds is 3. The van der Waals surface area contributed by atoms with Gasteiger partial charge in [-0.3, -0.25) is 0 Å². The van der Waals surface area contributed by atoms with E-state index in [-0.39, 0.29) is 40.9 Å². The van der Waals surface area contributed by atoms with Gasteiger partial charge in [0.15, 0.2) is 5.75 Å². The van der Waals surface area contributed by atoms with Gasteiger partial charge >= 0.3 is 0 Å². The minimum atomic E-state index is -0.324. The summed E-state index contributed by atoms with van der Waals surface area (Å²) in [4.78, 5) is 0. The van der Waals surface area contributed by atoms with Gasteiger partial charge in [-0.2, -0.15) is 0 Å². The van der Waals surface area contributed by atoms with E-state index in [1.54, 1.807) is 12.1 Å². The molecule has 0 aliphatic carbocycles. The number of aliphatic hydroxyl groups is 1. The number of benzene rings is 1. The van der Waals surface area contributed by atoms with Crippen LogP contribution in [0.4, 0.5) is 0 Å². The summed E-state index contributed by atoms with van der Waals surface area (Å²) >= 11 is 11.4. The van der Waals surface area contributed by atoms with Crippen LogP contribution in [-0.2, 0) is 0 Å². The summed E-state index contributed by atoms with van der Waals surface area (Å²) < 4.78 is 0. The minimum Gasteiger partial charge on any atom is -0.505 e. The van der Waals surface area contributed by atoms with Crippen molar-refractivity contribution in [3.63, 3.8) is 0 Å². The van der Waals surface area contributed by atoms with E-state index in [1.807, 2.05) is 0 Å². The first kappa shape index (κ1) is 14.8. The van der Waals surface area contributed by atoms with Crippen LogP contribution in [0.1, 0.15) is 18.0 Å². The number of phenols is 1. The van der Waals surface area contributed by atoms with Crippen LogP contribution in [0.5, 0.6) is 5.75 Å². The summed E-state index contributed by atoms with van der Waals surface area (Å²) in [5.41, 5.74) is 6.44. The second kappa shape index (κ2) is 6.40. The molecule has 86 valence electrons. The Morgan fingerprint density at radius 3 is 2.13 bits per heavy atom. The van der Waals surface area contributed by atoms with Crippen LogP contribution in [0.2, 0.25) is 10.0 Å². The van der Waals surface area contributed by atoms with Crippen LogP contribution in [0.15, 0.2) is 12.1 Å². The Morgan fingerprint density at radius 1 is 1.27 bits per heavy atom. The van der Waals surface area contributed by atoms with Crippen LogP contribution in [0, 0.1) is 0 Å². The average molecular weight is 273 g/mol. The number of aliphatic hydroxyl groups excluding tert-OH is 1. The third-order valence-electron chi connectivity index (χ3n) is 1.91. The van der Waals surface area contributed by atoms with E-state index in [0.29, 0.717) is 12.0 Å². The van der Waals surface area contributed by atoms with E-state index >= 15 is 0 Å². The minimum absolute atomic E-state index is 0. The number of hydrogen-bond donors (Lipinski definition) is 3. The van der Waals surface area contributed by atoms with Gasteiger partial charge in [0, 0.05) is 12.6 Å². The zero-order valence-corrected chi connectivity index (χ0v) is 10.1. The van der Waals surface area contributed by atoms with Crippen LogP contribution in [0.3, 0.4) is 0 Å². The van der Waals surface area contributed by atoms with Crippen molar-refractivity contribution >= 4 is 35.6 Å². The monoisotopic (exact) mass is 271 g/mol. The molecule has 0 heterocycles. The first-order valence-corrected chi connectivity index (χ1v) is 4.86. The quantitative estimate of drug-likeness (QED) is 0.792. The fourth-order valence-electron chi connectivity index (χ4n) is 1.10. The maximum Gasteiger partial charge on any atom is 0.152 e. The summed E-state index contributed by atoms with van der Waals surface area (Å²) in [6.07, 6.45) is 0.428. The van der Waals surface area contributed by atoms with Gasteiger partial charge in [-0.1, -0.05) is 23.2 Å². The van der Waals surface area contributed by atoms with Crippen molar-refractivity contribution in [2.75, 3.05) is 6.61 Å². The zero-order chi connectivity index (χ0) is 10.7. The molecule has 0 aliphatic heterocycles. The molecule has 0 radical (unpaired) electrons. The van der Waals surface area contributed by atoms with Gasteiger partial charge in [-0.15, -0.1) is 12.4 Å². The molecule has 1 unspecified atom stereocenters. The molecule has 3 nitrogen and oxygen atoms in total. The molecule has 1 atom stereocenters. The number of nitrogens with two attached hydrogens (primary N) is 1. The lowest BCUT2D eigenvalue weighted by molar-refractivity contribution is 0.276. The Hall–Kier alpha value is -0.190. The normalized spacial score (nSPS) is 12.0. The molecule has 1 rings (SSSR count). The number of phenolic OH excluding ortho intramolecular Hbond substituents is 1. The maximum absolute atomic E-state index is 9.29. The van der Waals surface area contributed by atoms with E-state index in [1.165, 1.54) is 0 Å². The zero-order valence-electron chi connectivity index (χ0n) is 7.78. The van der Waals surface area contributed by atoms with Crippen molar-refractivity contribution in [2.24, 2.45) is 5.73 Å². The molecule has 0 aliphatic rings. The van der Waals surface area contributed by atoms with E-state index in [4.69, 9.17) is 34.0 Å². The Labute approximate surface area is 104 Å².